The van der Waals surface area contributed by atoms with Crippen LogP contribution in [-0.4, -0.2) is 29.7 Å². The summed E-state index contributed by atoms with van der Waals surface area (Å²) in [7, 11) is 0. The van der Waals surface area contributed by atoms with E-state index in [-0.39, 0.29) is 35.0 Å². The Kier molecular flexibility index (Phi) is 9.37. The molecule has 0 fully saturated rings. The zero-order valence-electron chi connectivity index (χ0n) is 17.2. The highest BCUT2D eigenvalue weighted by molar-refractivity contribution is 5.92. The monoisotopic (exact) mass is 340 g/mol. The topological polar surface area (TPSA) is 72.2 Å². The van der Waals surface area contributed by atoms with Gasteiger partial charge in [-0.2, -0.15) is 0 Å². The lowest BCUT2D eigenvalue weighted by Gasteiger charge is -2.32. The van der Waals surface area contributed by atoms with Gasteiger partial charge in [0, 0.05) is 23.3 Å². The summed E-state index contributed by atoms with van der Waals surface area (Å²) in [4.78, 5) is 25.7. The van der Waals surface area contributed by atoms with Crippen molar-refractivity contribution < 1.29 is 9.59 Å². The number of nitrogens with two attached hydrogens (primary N) is 1. The van der Waals surface area contributed by atoms with Crippen molar-refractivity contribution in [2.75, 3.05) is 6.54 Å². The van der Waals surface area contributed by atoms with Crippen LogP contribution in [-0.2, 0) is 9.59 Å². The Morgan fingerprint density at radius 2 is 1.54 bits per heavy atom. The summed E-state index contributed by atoms with van der Waals surface area (Å²) >= 11 is 0. The van der Waals surface area contributed by atoms with Crippen LogP contribution in [0.2, 0.25) is 0 Å². The number of hydrogen-bond donors (Lipinski definition) is 2. The van der Waals surface area contributed by atoms with E-state index in [1.807, 2.05) is 20.8 Å². The van der Waals surface area contributed by atoms with Crippen LogP contribution in [0.15, 0.2) is 0 Å². The first kappa shape index (κ1) is 23.3. The van der Waals surface area contributed by atoms with Crippen LogP contribution in [0.5, 0.6) is 0 Å². The summed E-state index contributed by atoms with van der Waals surface area (Å²) in [6.45, 7) is 16.7. The molecule has 2 atom stereocenters. The van der Waals surface area contributed by atoms with Crippen LogP contribution in [0, 0.1) is 17.3 Å². The van der Waals surface area contributed by atoms with Crippen LogP contribution in [0.4, 0.5) is 0 Å². The average molecular weight is 341 g/mol. The number of hydrogen-bond acceptors (Lipinski definition) is 4. The fourth-order valence-corrected chi connectivity index (χ4v) is 2.93. The number of nitrogens with one attached hydrogen (secondary N) is 1. The Labute approximate surface area is 149 Å². The fraction of sp³-hybridized carbons (Fsp3) is 0.900. The van der Waals surface area contributed by atoms with E-state index in [9.17, 15) is 9.59 Å². The van der Waals surface area contributed by atoms with Crippen molar-refractivity contribution in [2.24, 2.45) is 23.0 Å². The third-order valence-electron chi connectivity index (χ3n) is 4.17. The second-order valence-electron chi connectivity index (χ2n) is 9.38. The number of unbranched alkanes of at least 4 members (excludes halogenated alkanes) is 1. The maximum absolute atomic E-state index is 12.9. The zero-order valence-corrected chi connectivity index (χ0v) is 17.2. The van der Waals surface area contributed by atoms with Gasteiger partial charge < -0.3 is 11.1 Å². The van der Waals surface area contributed by atoms with Crippen molar-refractivity contribution in [3.63, 3.8) is 0 Å². The van der Waals surface area contributed by atoms with E-state index in [1.54, 1.807) is 0 Å². The Morgan fingerprint density at radius 1 is 1.00 bits per heavy atom. The number of rotatable bonds is 10. The maximum Gasteiger partial charge on any atom is 0.150 e. The number of carbonyl (C=O) groups excluding carboxylic acids is 2. The fourth-order valence-electron chi connectivity index (χ4n) is 2.93. The largest absolute Gasteiger partial charge is 0.330 e. The minimum Gasteiger partial charge on any atom is -0.330 e. The second kappa shape index (κ2) is 9.67. The van der Waals surface area contributed by atoms with E-state index in [4.69, 9.17) is 5.73 Å². The van der Waals surface area contributed by atoms with Gasteiger partial charge in [0.1, 0.15) is 5.78 Å². The van der Waals surface area contributed by atoms with E-state index in [0.717, 1.165) is 19.3 Å². The highest BCUT2D eigenvalue weighted by Crippen LogP contribution is 2.27. The molecule has 0 amide bonds. The first-order chi connectivity index (χ1) is 10.8. The molecule has 4 nitrogen and oxygen atoms in total. The quantitative estimate of drug-likeness (QED) is 0.595. The molecule has 0 saturated heterocycles. The predicted molar refractivity (Wildman–Crippen MR) is 102 cm³/mol. The van der Waals surface area contributed by atoms with E-state index < -0.39 is 5.41 Å². The van der Waals surface area contributed by atoms with Crippen LogP contribution in [0.3, 0.4) is 0 Å². The molecular formula is C20H40N2O2. The van der Waals surface area contributed by atoms with Crippen LogP contribution < -0.4 is 11.1 Å². The summed E-state index contributed by atoms with van der Waals surface area (Å²) in [6.07, 6.45) is 2.87. The lowest BCUT2D eigenvalue weighted by Crippen LogP contribution is -2.51. The predicted octanol–water partition coefficient (Wildman–Crippen LogP) is 3.72. The lowest BCUT2D eigenvalue weighted by atomic mass is 9.77. The number of ketones is 2. The smallest absolute Gasteiger partial charge is 0.150 e. The highest BCUT2D eigenvalue weighted by atomic mass is 16.1. The molecular weight excluding hydrogens is 300 g/mol. The lowest BCUT2D eigenvalue weighted by molar-refractivity contribution is -0.134. The third-order valence-corrected chi connectivity index (χ3v) is 4.17. The van der Waals surface area contributed by atoms with E-state index in [0.29, 0.717) is 13.0 Å². The molecule has 0 aromatic rings. The van der Waals surface area contributed by atoms with E-state index in [2.05, 4.69) is 39.9 Å². The van der Waals surface area contributed by atoms with Gasteiger partial charge in [-0.05, 0) is 46.1 Å². The van der Waals surface area contributed by atoms with Crippen LogP contribution in [0.1, 0.15) is 81.1 Å². The van der Waals surface area contributed by atoms with Crippen molar-refractivity contribution in [1.82, 2.24) is 5.32 Å². The summed E-state index contributed by atoms with van der Waals surface area (Å²) in [5.74, 6) is 0.333. The SMILES string of the molecule is CC(C)C(NC(C)(C)C)C(=O)C[C@@H](CCCCN)C(=O)C(C)(C)C. The van der Waals surface area contributed by atoms with Gasteiger partial charge in [0.2, 0.25) is 0 Å². The summed E-state index contributed by atoms with van der Waals surface area (Å²) in [5, 5.41) is 3.42. The van der Waals surface area contributed by atoms with Gasteiger partial charge in [-0.3, -0.25) is 9.59 Å². The van der Waals surface area contributed by atoms with E-state index >= 15 is 0 Å². The van der Waals surface area contributed by atoms with Crippen molar-refractivity contribution in [1.29, 1.82) is 0 Å². The van der Waals surface area contributed by atoms with Crippen molar-refractivity contribution in [3.05, 3.63) is 0 Å². The molecule has 24 heavy (non-hydrogen) atoms. The van der Waals surface area contributed by atoms with Crippen LogP contribution in [0.25, 0.3) is 0 Å². The van der Waals surface area contributed by atoms with Gasteiger partial charge in [0.25, 0.3) is 0 Å². The molecule has 0 aliphatic heterocycles. The molecule has 0 rings (SSSR count). The Balaban J connectivity index is 5.14. The normalized spacial score (nSPS) is 15.4. The standard InChI is InChI=1S/C20H40N2O2/c1-14(2)17(22-20(6,7)8)16(23)13-15(11-9-10-12-21)18(24)19(3,4)5/h14-15,17,22H,9-13,21H2,1-8H3/t15-,17?/m1/s1. The van der Waals surface area contributed by atoms with Gasteiger partial charge in [-0.15, -0.1) is 0 Å². The molecule has 0 saturated carbocycles. The molecule has 0 aromatic carbocycles. The molecule has 0 aliphatic rings. The van der Waals surface area contributed by atoms with Crippen molar-refractivity contribution >= 4 is 11.6 Å². The maximum atomic E-state index is 12.9. The molecule has 1 unspecified atom stereocenters. The molecule has 3 N–H and O–H groups in total. The molecule has 0 radical (unpaired) electrons. The minimum atomic E-state index is -0.418. The Bertz CT molecular complexity index is 403. The zero-order chi connectivity index (χ0) is 19.1. The first-order valence-corrected chi connectivity index (χ1v) is 9.34. The number of carbonyl (C=O) groups is 2. The molecule has 0 heterocycles. The summed E-state index contributed by atoms with van der Waals surface area (Å²) in [6, 6.07) is -0.213. The minimum absolute atomic E-state index is 0.131. The first-order valence-electron chi connectivity index (χ1n) is 9.34. The summed E-state index contributed by atoms with van der Waals surface area (Å²) < 4.78 is 0. The van der Waals surface area contributed by atoms with Crippen molar-refractivity contribution in [2.45, 2.75) is 92.7 Å². The van der Waals surface area contributed by atoms with Gasteiger partial charge >= 0.3 is 0 Å². The van der Waals surface area contributed by atoms with Gasteiger partial charge in [-0.25, -0.2) is 0 Å². The van der Waals surface area contributed by atoms with Crippen molar-refractivity contribution in [3.8, 4) is 0 Å². The molecule has 142 valence electrons. The third kappa shape index (κ3) is 8.93. The Morgan fingerprint density at radius 3 is 1.92 bits per heavy atom. The van der Waals surface area contributed by atoms with Crippen LogP contribution >= 0.6 is 0 Å². The number of Topliss-reactive ketones (excluding diaryl/α,β-unsaturated/α-hetero) is 2. The highest BCUT2D eigenvalue weighted by Gasteiger charge is 2.34. The molecule has 0 aliphatic carbocycles. The average Bonchev–Trinajstić information content (AvgIpc) is 2.40. The van der Waals surface area contributed by atoms with Gasteiger partial charge in [0.05, 0.1) is 6.04 Å². The van der Waals surface area contributed by atoms with E-state index in [1.165, 1.54) is 0 Å². The Hall–Kier alpha value is -0.740. The molecule has 4 heteroatoms. The molecule has 0 spiro atoms. The second-order valence-corrected chi connectivity index (χ2v) is 9.38. The molecule has 0 aromatic heterocycles. The summed E-state index contributed by atoms with van der Waals surface area (Å²) in [5.41, 5.74) is 5.02. The van der Waals surface area contributed by atoms with Gasteiger partial charge in [-0.1, -0.05) is 41.0 Å². The molecule has 0 bridgehead atoms. The van der Waals surface area contributed by atoms with Gasteiger partial charge in [0.15, 0.2) is 5.78 Å².